The highest BCUT2D eigenvalue weighted by atomic mass is 16.5. The molecule has 4 rings (SSSR count). The second-order valence-corrected chi connectivity index (χ2v) is 5.92. The number of ether oxygens (including phenoxy) is 1. The van der Waals surface area contributed by atoms with Gasteiger partial charge >= 0.3 is 0 Å². The summed E-state index contributed by atoms with van der Waals surface area (Å²) in [6, 6.07) is 12.5. The summed E-state index contributed by atoms with van der Waals surface area (Å²) in [5, 5.41) is 18.1. The average Bonchev–Trinajstić information content (AvgIpc) is 3.29. The summed E-state index contributed by atoms with van der Waals surface area (Å²) in [7, 11) is 1.68. The van der Waals surface area contributed by atoms with Crippen molar-refractivity contribution in [2.24, 2.45) is 4.99 Å². The van der Waals surface area contributed by atoms with Gasteiger partial charge in [0.1, 0.15) is 11.9 Å². The first kappa shape index (κ1) is 16.0. The summed E-state index contributed by atoms with van der Waals surface area (Å²) in [5.74, 6) is 0.723. The van der Waals surface area contributed by atoms with Crippen molar-refractivity contribution in [2.45, 2.75) is 13.1 Å². The van der Waals surface area contributed by atoms with Crippen molar-refractivity contribution >= 4 is 28.3 Å². The van der Waals surface area contributed by atoms with E-state index in [9.17, 15) is 0 Å². The van der Waals surface area contributed by atoms with Crippen LogP contribution in [0.4, 0.5) is 11.4 Å². The second-order valence-electron chi connectivity index (χ2n) is 5.92. The number of aromatic amines is 1. The fourth-order valence-electron chi connectivity index (χ4n) is 2.88. The number of aromatic nitrogens is 2. The Morgan fingerprint density at radius 3 is 2.69 bits per heavy atom. The van der Waals surface area contributed by atoms with Crippen LogP contribution in [-0.2, 0) is 0 Å². The Morgan fingerprint density at radius 1 is 1.19 bits per heavy atom. The molecule has 0 aliphatic carbocycles. The van der Waals surface area contributed by atoms with Crippen molar-refractivity contribution in [1.29, 1.82) is 0 Å². The maximum Gasteiger partial charge on any atom is 0.293 e. The van der Waals surface area contributed by atoms with Crippen LogP contribution >= 0.6 is 0 Å². The maximum atomic E-state index is 5.72. The van der Waals surface area contributed by atoms with Gasteiger partial charge in [-0.1, -0.05) is 18.2 Å². The third-order valence-electron chi connectivity index (χ3n) is 4.18. The Kier molecular flexibility index (Phi) is 4.18. The molecule has 7 heteroatoms. The molecule has 0 saturated heterocycles. The van der Waals surface area contributed by atoms with Crippen molar-refractivity contribution in [3.8, 4) is 5.75 Å². The monoisotopic (exact) mass is 348 g/mol. The summed E-state index contributed by atoms with van der Waals surface area (Å²) >= 11 is 0. The van der Waals surface area contributed by atoms with Crippen LogP contribution in [0.3, 0.4) is 0 Å². The first-order chi connectivity index (χ1) is 12.8. The standard InChI is InChI=1S/C19H20N6O/c1-3-8-21-19(20-2)26-14-6-4-12(5-7-14)18-23-16-9-13-11-22-25-15(13)10-17(16)24-18/h3-11,18,23-24H,1-2H3,(H,20,21)(H,22,25)/b8-3-. The molecular weight excluding hydrogens is 328 g/mol. The topological polar surface area (TPSA) is 86.4 Å². The van der Waals surface area contributed by atoms with Gasteiger partial charge in [0.2, 0.25) is 0 Å². The largest absolute Gasteiger partial charge is 0.426 e. The van der Waals surface area contributed by atoms with Gasteiger partial charge in [-0.3, -0.25) is 5.10 Å². The number of anilines is 2. The number of fused-ring (bicyclic) bond motifs is 2. The number of rotatable bonds is 3. The van der Waals surface area contributed by atoms with Gasteiger partial charge in [0.05, 0.1) is 23.1 Å². The van der Waals surface area contributed by atoms with E-state index in [4.69, 9.17) is 4.74 Å². The fraction of sp³-hybridized carbons (Fsp3) is 0.158. The van der Waals surface area contributed by atoms with Gasteiger partial charge in [-0.15, -0.1) is 0 Å². The third-order valence-corrected chi connectivity index (χ3v) is 4.18. The molecular formula is C19H20N6O. The molecule has 0 spiro atoms. The van der Waals surface area contributed by atoms with E-state index < -0.39 is 0 Å². The summed E-state index contributed by atoms with van der Waals surface area (Å²) < 4.78 is 5.72. The van der Waals surface area contributed by atoms with Gasteiger partial charge < -0.3 is 20.7 Å². The van der Waals surface area contributed by atoms with Crippen molar-refractivity contribution in [3.63, 3.8) is 0 Å². The average molecular weight is 348 g/mol. The van der Waals surface area contributed by atoms with Crippen LogP contribution in [-0.4, -0.2) is 23.3 Å². The number of allylic oxidation sites excluding steroid dienone is 1. The molecule has 1 unspecified atom stereocenters. The van der Waals surface area contributed by atoms with E-state index in [2.05, 4.69) is 43.3 Å². The zero-order valence-electron chi connectivity index (χ0n) is 14.6. The van der Waals surface area contributed by atoms with Gasteiger partial charge in [-0.2, -0.15) is 5.10 Å². The van der Waals surface area contributed by atoms with Crippen LogP contribution in [0.2, 0.25) is 0 Å². The van der Waals surface area contributed by atoms with Crippen LogP contribution in [0.15, 0.2) is 59.9 Å². The minimum atomic E-state index is 0.0129. The molecule has 1 aromatic heterocycles. The number of nitrogens with one attached hydrogen (secondary N) is 4. The van der Waals surface area contributed by atoms with E-state index in [0.29, 0.717) is 6.02 Å². The van der Waals surface area contributed by atoms with Gasteiger partial charge in [0, 0.05) is 18.6 Å². The van der Waals surface area contributed by atoms with E-state index in [0.717, 1.165) is 33.6 Å². The van der Waals surface area contributed by atoms with Crippen LogP contribution < -0.4 is 20.7 Å². The van der Waals surface area contributed by atoms with Gasteiger partial charge in [0.15, 0.2) is 0 Å². The Bertz CT molecular complexity index is 933. The fourth-order valence-corrected chi connectivity index (χ4v) is 2.88. The third kappa shape index (κ3) is 3.06. The number of hydrogen-bond donors (Lipinski definition) is 4. The van der Waals surface area contributed by atoms with Crippen molar-refractivity contribution < 1.29 is 4.74 Å². The lowest BCUT2D eigenvalue weighted by Crippen LogP contribution is -2.23. The Balaban J connectivity index is 1.47. The predicted octanol–water partition coefficient (Wildman–Crippen LogP) is 3.59. The minimum Gasteiger partial charge on any atom is -0.426 e. The quantitative estimate of drug-likeness (QED) is 0.429. The highest BCUT2D eigenvalue weighted by Gasteiger charge is 2.21. The molecule has 1 aliphatic heterocycles. The molecule has 0 amide bonds. The van der Waals surface area contributed by atoms with Crippen molar-refractivity contribution in [1.82, 2.24) is 15.5 Å². The first-order valence-electron chi connectivity index (χ1n) is 8.39. The van der Waals surface area contributed by atoms with Crippen molar-refractivity contribution in [3.05, 3.63) is 60.4 Å². The van der Waals surface area contributed by atoms with Gasteiger partial charge in [0.25, 0.3) is 6.02 Å². The maximum absolute atomic E-state index is 5.72. The molecule has 26 heavy (non-hydrogen) atoms. The summed E-state index contributed by atoms with van der Waals surface area (Å²) in [5.41, 5.74) is 4.26. The zero-order chi connectivity index (χ0) is 17.9. The molecule has 7 nitrogen and oxygen atoms in total. The SMILES string of the molecule is C/C=C\NC(=NC)Oc1ccc(C2Nc3cc4cn[nH]c4cc3N2)cc1. The number of H-pyrrole nitrogens is 1. The lowest BCUT2D eigenvalue weighted by atomic mass is 10.1. The van der Waals surface area contributed by atoms with E-state index in [1.807, 2.05) is 43.5 Å². The zero-order valence-corrected chi connectivity index (χ0v) is 14.6. The van der Waals surface area contributed by atoms with Gasteiger partial charge in [-0.25, -0.2) is 4.99 Å². The van der Waals surface area contributed by atoms with Crippen LogP contribution in [0.5, 0.6) is 5.75 Å². The number of benzene rings is 2. The van der Waals surface area contributed by atoms with E-state index in [-0.39, 0.29) is 6.17 Å². The molecule has 2 heterocycles. The summed E-state index contributed by atoms with van der Waals surface area (Å²) in [4.78, 5) is 4.07. The van der Waals surface area contributed by atoms with Crippen LogP contribution in [0, 0.1) is 0 Å². The van der Waals surface area contributed by atoms with Crippen LogP contribution in [0.25, 0.3) is 10.9 Å². The molecule has 3 aromatic rings. The molecule has 1 aliphatic rings. The number of nitrogens with zero attached hydrogens (tertiary/aromatic N) is 2. The minimum absolute atomic E-state index is 0.0129. The first-order valence-corrected chi connectivity index (χ1v) is 8.39. The lowest BCUT2D eigenvalue weighted by Gasteiger charge is -2.14. The Hall–Kier alpha value is -3.48. The lowest BCUT2D eigenvalue weighted by molar-refractivity contribution is 0.528. The molecule has 132 valence electrons. The molecule has 0 fully saturated rings. The van der Waals surface area contributed by atoms with Crippen molar-refractivity contribution in [2.75, 3.05) is 17.7 Å². The molecule has 4 N–H and O–H groups in total. The highest BCUT2D eigenvalue weighted by molar-refractivity contribution is 5.91. The summed E-state index contributed by atoms with van der Waals surface area (Å²) in [6.07, 6.45) is 5.49. The predicted molar refractivity (Wildman–Crippen MR) is 104 cm³/mol. The number of hydrogen-bond acceptors (Lipinski definition) is 5. The molecule has 1 atom stereocenters. The molecule has 0 radical (unpaired) electrons. The molecule has 0 saturated carbocycles. The number of aliphatic imine (C=N–C) groups is 1. The van der Waals surface area contributed by atoms with E-state index in [1.165, 1.54) is 0 Å². The summed E-state index contributed by atoms with van der Waals surface area (Å²) in [6.45, 7) is 1.92. The Labute approximate surface area is 151 Å². The smallest absolute Gasteiger partial charge is 0.293 e. The highest BCUT2D eigenvalue weighted by Crippen LogP contribution is 2.37. The van der Waals surface area contributed by atoms with E-state index in [1.54, 1.807) is 13.2 Å². The molecule has 2 aromatic carbocycles. The van der Waals surface area contributed by atoms with E-state index >= 15 is 0 Å². The molecule has 0 bridgehead atoms. The van der Waals surface area contributed by atoms with Crippen LogP contribution in [0.1, 0.15) is 18.7 Å². The van der Waals surface area contributed by atoms with Gasteiger partial charge in [-0.05, 0) is 36.8 Å². The number of amidine groups is 1. The normalized spacial score (nSPS) is 16.4. The Morgan fingerprint density at radius 2 is 1.96 bits per heavy atom. The second kappa shape index (κ2) is 6.79.